The Balaban J connectivity index is 1.88. The van der Waals surface area contributed by atoms with E-state index in [-0.39, 0.29) is 0 Å². The van der Waals surface area contributed by atoms with Gasteiger partial charge in [-0.25, -0.2) is 12.7 Å². The second-order valence-electron chi connectivity index (χ2n) is 5.73. The van der Waals surface area contributed by atoms with Gasteiger partial charge in [0.2, 0.25) is 0 Å². The van der Waals surface area contributed by atoms with Gasteiger partial charge in [-0.1, -0.05) is 13.0 Å². The van der Waals surface area contributed by atoms with Crippen molar-refractivity contribution >= 4 is 38.7 Å². The van der Waals surface area contributed by atoms with Gasteiger partial charge in [-0.2, -0.15) is 0 Å². The number of hydrogen-bond donors (Lipinski definition) is 2. The van der Waals surface area contributed by atoms with Crippen LogP contribution in [-0.4, -0.2) is 46.4 Å². The second-order valence-corrected chi connectivity index (χ2v) is 10.3. The van der Waals surface area contributed by atoms with Crippen molar-refractivity contribution in [3.63, 3.8) is 0 Å². The number of thiophene rings is 2. The summed E-state index contributed by atoms with van der Waals surface area (Å²) in [7, 11) is 1.43. The van der Waals surface area contributed by atoms with Gasteiger partial charge >= 0.3 is 0 Å². The minimum absolute atomic E-state index is 0.351. The fourth-order valence-corrected chi connectivity index (χ4v) is 5.34. The Labute approximate surface area is 157 Å². The molecular formula is C16H24N4O2S3. The first-order valence-corrected chi connectivity index (χ1v) is 11.0. The maximum Gasteiger partial charge on any atom is 0.252 e. The van der Waals surface area contributed by atoms with E-state index in [1.165, 1.54) is 34.6 Å². The summed E-state index contributed by atoms with van der Waals surface area (Å²) in [6.45, 7) is 3.48. The normalized spacial score (nSPS) is 13.9. The molecule has 2 N–H and O–H groups in total. The predicted molar refractivity (Wildman–Crippen MR) is 106 cm³/mol. The van der Waals surface area contributed by atoms with E-state index in [4.69, 9.17) is 0 Å². The molecule has 138 valence electrons. The highest BCUT2D eigenvalue weighted by Gasteiger charge is 2.19. The molecule has 2 rings (SSSR count). The summed E-state index contributed by atoms with van der Waals surface area (Å²) in [6, 6.07) is 7.66. The van der Waals surface area contributed by atoms with Gasteiger partial charge in [0.25, 0.3) is 10.0 Å². The van der Waals surface area contributed by atoms with E-state index in [9.17, 15) is 8.42 Å². The van der Waals surface area contributed by atoms with Crippen molar-refractivity contribution in [1.82, 2.24) is 14.9 Å². The molecule has 0 aliphatic carbocycles. The molecule has 0 saturated heterocycles. The summed E-state index contributed by atoms with van der Waals surface area (Å²) in [5.74, 6) is 1.10. The molecule has 0 fully saturated rings. The maximum atomic E-state index is 12.1. The molecule has 0 spiro atoms. The van der Waals surface area contributed by atoms with Gasteiger partial charge in [-0.3, -0.25) is 4.99 Å². The van der Waals surface area contributed by atoms with Crippen LogP contribution in [0.2, 0.25) is 0 Å². The molecule has 1 unspecified atom stereocenters. The quantitative estimate of drug-likeness (QED) is 0.553. The zero-order valence-electron chi connectivity index (χ0n) is 14.8. The van der Waals surface area contributed by atoms with Crippen LogP contribution in [0.15, 0.2) is 38.8 Å². The average Bonchev–Trinajstić information content (AvgIpc) is 3.26. The topological polar surface area (TPSA) is 73.8 Å². The minimum Gasteiger partial charge on any atom is -0.356 e. The van der Waals surface area contributed by atoms with Gasteiger partial charge in [0, 0.05) is 43.4 Å². The predicted octanol–water partition coefficient (Wildman–Crippen LogP) is 2.53. The van der Waals surface area contributed by atoms with E-state index in [0.717, 1.165) is 11.4 Å². The van der Waals surface area contributed by atoms with Crippen molar-refractivity contribution in [2.24, 2.45) is 4.99 Å². The molecular weight excluding hydrogens is 376 g/mol. The molecule has 0 aliphatic rings. The van der Waals surface area contributed by atoms with Crippen LogP contribution >= 0.6 is 22.7 Å². The first-order valence-electron chi connectivity index (χ1n) is 7.83. The monoisotopic (exact) mass is 400 g/mol. The Morgan fingerprint density at radius 1 is 1.28 bits per heavy atom. The Bertz CT molecular complexity index is 795. The lowest BCUT2D eigenvalue weighted by atomic mass is 10.1. The minimum atomic E-state index is -3.37. The van der Waals surface area contributed by atoms with Crippen LogP contribution in [0.4, 0.5) is 0 Å². The second kappa shape index (κ2) is 8.79. The third-order valence-corrected chi connectivity index (χ3v) is 8.10. The van der Waals surface area contributed by atoms with E-state index in [1.807, 2.05) is 6.07 Å². The van der Waals surface area contributed by atoms with Crippen LogP contribution in [0.5, 0.6) is 0 Å². The fraction of sp³-hybridized carbons (Fsp3) is 0.438. The van der Waals surface area contributed by atoms with Crippen LogP contribution < -0.4 is 10.6 Å². The van der Waals surface area contributed by atoms with Gasteiger partial charge in [0.05, 0.1) is 6.54 Å². The van der Waals surface area contributed by atoms with Crippen molar-refractivity contribution in [1.29, 1.82) is 0 Å². The van der Waals surface area contributed by atoms with Gasteiger partial charge in [0.1, 0.15) is 4.21 Å². The summed E-state index contributed by atoms with van der Waals surface area (Å²) >= 11 is 3.02. The van der Waals surface area contributed by atoms with E-state index < -0.39 is 10.0 Å². The van der Waals surface area contributed by atoms with Crippen LogP contribution in [0.25, 0.3) is 0 Å². The van der Waals surface area contributed by atoms with Crippen LogP contribution in [-0.2, 0) is 16.6 Å². The van der Waals surface area contributed by atoms with E-state index in [1.54, 1.807) is 24.5 Å². The SMILES string of the molecule is CN=C(NCc1ccc(S(=O)(=O)N(C)C)s1)NCC(C)c1cccs1. The van der Waals surface area contributed by atoms with Crippen molar-refractivity contribution < 1.29 is 8.42 Å². The summed E-state index contributed by atoms with van der Waals surface area (Å²) in [5.41, 5.74) is 0. The highest BCUT2D eigenvalue weighted by molar-refractivity contribution is 7.91. The summed E-state index contributed by atoms with van der Waals surface area (Å²) in [4.78, 5) is 6.49. The number of nitrogens with zero attached hydrogens (tertiary/aromatic N) is 2. The number of guanidine groups is 1. The first kappa shape index (κ1) is 19.9. The van der Waals surface area contributed by atoms with Gasteiger partial charge < -0.3 is 10.6 Å². The molecule has 0 amide bonds. The highest BCUT2D eigenvalue weighted by Crippen LogP contribution is 2.23. The molecule has 0 aliphatic heterocycles. The molecule has 0 saturated carbocycles. The lowest BCUT2D eigenvalue weighted by Gasteiger charge is -2.14. The smallest absolute Gasteiger partial charge is 0.252 e. The Kier molecular flexibility index (Phi) is 7.00. The third kappa shape index (κ3) is 5.27. The summed E-state index contributed by atoms with van der Waals surface area (Å²) in [5, 5.41) is 8.61. The van der Waals surface area contributed by atoms with Crippen LogP contribution in [0.3, 0.4) is 0 Å². The van der Waals surface area contributed by atoms with E-state index in [0.29, 0.717) is 22.6 Å². The molecule has 0 radical (unpaired) electrons. The highest BCUT2D eigenvalue weighted by atomic mass is 32.2. The van der Waals surface area contributed by atoms with Gasteiger partial charge in [-0.05, 0) is 23.6 Å². The molecule has 1 atom stereocenters. The zero-order valence-corrected chi connectivity index (χ0v) is 17.3. The molecule has 2 aromatic heterocycles. The number of sulfonamides is 1. The molecule has 0 bridgehead atoms. The number of nitrogens with one attached hydrogen (secondary N) is 2. The van der Waals surface area contributed by atoms with E-state index in [2.05, 4.69) is 40.1 Å². The van der Waals surface area contributed by atoms with Crippen molar-refractivity contribution in [3.05, 3.63) is 39.4 Å². The molecule has 2 heterocycles. The lowest BCUT2D eigenvalue weighted by Crippen LogP contribution is -2.38. The largest absolute Gasteiger partial charge is 0.356 e. The van der Waals surface area contributed by atoms with Gasteiger partial charge in [0.15, 0.2) is 5.96 Å². The lowest BCUT2D eigenvalue weighted by molar-refractivity contribution is 0.523. The molecule has 0 aromatic carbocycles. The Morgan fingerprint density at radius 3 is 2.64 bits per heavy atom. The summed E-state index contributed by atoms with van der Waals surface area (Å²) in [6.07, 6.45) is 0. The Hall–Kier alpha value is -1.42. The zero-order chi connectivity index (χ0) is 18.4. The molecule has 2 aromatic rings. The first-order chi connectivity index (χ1) is 11.8. The van der Waals surface area contributed by atoms with Crippen molar-refractivity contribution in [3.8, 4) is 0 Å². The molecule has 25 heavy (non-hydrogen) atoms. The van der Waals surface area contributed by atoms with Crippen molar-refractivity contribution in [2.75, 3.05) is 27.7 Å². The summed E-state index contributed by atoms with van der Waals surface area (Å²) < 4.78 is 25.8. The number of rotatable bonds is 7. The van der Waals surface area contributed by atoms with Crippen LogP contribution in [0, 0.1) is 0 Å². The van der Waals surface area contributed by atoms with E-state index >= 15 is 0 Å². The Morgan fingerprint density at radius 2 is 2.04 bits per heavy atom. The standard InChI is InChI=1S/C16H24N4O2S3/c1-12(14-6-5-9-23-14)10-18-16(17-2)19-11-13-7-8-15(24-13)25(21,22)20(3)4/h5-9,12H,10-11H2,1-4H3,(H2,17,18,19). The third-order valence-electron chi connectivity index (χ3n) is 3.63. The van der Waals surface area contributed by atoms with Crippen molar-refractivity contribution in [2.45, 2.75) is 23.6 Å². The maximum absolute atomic E-state index is 12.1. The number of hydrogen-bond acceptors (Lipinski definition) is 5. The molecule has 9 heteroatoms. The number of aliphatic imine (C=N–C) groups is 1. The fourth-order valence-electron chi connectivity index (χ4n) is 2.09. The average molecular weight is 401 g/mol. The molecule has 6 nitrogen and oxygen atoms in total. The van der Waals surface area contributed by atoms with Crippen LogP contribution in [0.1, 0.15) is 22.6 Å². The van der Waals surface area contributed by atoms with Gasteiger partial charge in [-0.15, -0.1) is 22.7 Å².